The molecule has 2 rings (SSSR count). The molecule has 2 heterocycles. The Kier molecular flexibility index (Phi) is 5.04. The van der Waals surface area contributed by atoms with Gasteiger partial charge in [0.05, 0.1) is 5.41 Å². The van der Waals surface area contributed by atoms with Crippen LogP contribution in [0.25, 0.3) is 0 Å². The number of hydrogen-bond acceptors (Lipinski definition) is 3. The van der Waals surface area contributed by atoms with Crippen LogP contribution in [-0.4, -0.2) is 40.2 Å². The average molecular weight is 292 g/mol. The minimum absolute atomic E-state index is 0.249. The first-order chi connectivity index (χ1) is 10.1. The Morgan fingerprint density at radius 3 is 2.43 bits per heavy atom. The largest absolute Gasteiger partial charge is 0.342 e. The number of piperidine rings is 1. The molecule has 118 valence electrons. The lowest BCUT2D eigenvalue weighted by molar-refractivity contribution is -0.143. The van der Waals surface area contributed by atoms with Crippen LogP contribution in [0.4, 0.5) is 0 Å². The summed E-state index contributed by atoms with van der Waals surface area (Å²) in [4.78, 5) is 14.8. The number of carbonyl (C=O) groups is 1. The Bertz CT molecular complexity index is 462. The van der Waals surface area contributed by atoms with Crippen LogP contribution >= 0.6 is 0 Å². The van der Waals surface area contributed by atoms with Crippen molar-refractivity contribution in [3.63, 3.8) is 0 Å². The monoisotopic (exact) mass is 292 g/mol. The van der Waals surface area contributed by atoms with Crippen molar-refractivity contribution < 1.29 is 4.79 Å². The second-order valence-electron chi connectivity index (χ2n) is 6.14. The molecule has 0 aromatic carbocycles. The molecule has 5 nitrogen and oxygen atoms in total. The maximum atomic E-state index is 12.8. The number of aromatic nitrogens is 2. The highest BCUT2D eigenvalue weighted by atomic mass is 16.2. The molecule has 0 saturated carbocycles. The van der Waals surface area contributed by atoms with Crippen LogP contribution in [0.15, 0.2) is 12.3 Å². The zero-order valence-electron chi connectivity index (χ0n) is 13.5. The molecule has 0 aliphatic carbocycles. The summed E-state index contributed by atoms with van der Waals surface area (Å²) in [5.74, 6) is 0.760. The molecule has 1 aromatic heterocycles. The first-order valence-corrected chi connectivity index (χ1v) is 8.05. The third-order valence-corrected chi connectivity index (χ3v) is 5.26. The molecule has 1 amide bonds. The molecule has 1 saturated heterocycles. The van der Waals surface area contributed by atoms with Gasteiger partial charge in [0.15, 0.2) is 0 Å². The highest BCUT2D eigenvalue weighted by Crippen LogP contribution is 2.32. The van der Waals surface area contributed by atoms with Crippen LogP contribution < -0.4 is 5.73 Å². The first kappa shape index (κ1) is 16.0. The van der Waals surface area contributed by atoms with Gasteiger partial charge in [0.2, 0.25) is 5.91 Å². The number of hydrogen-bond donors (Lipinski definition) is 1. The second kappa shape index (κ2) is 6.60. The van der Waals surface area contributed by atoms with Gasteiger partial charge in [0.25, 0.3) is 0 Å². The molecule has 0 atom stereocenters. The number of aryl methyl sites for hydroxylation is 1. The zero-order chi connectivity index (χ0) is 15.5. The molecule has 0 radical (unpaired) electrons. The van der Waals surface area contributed by atoms with E-state index in [9.17, 15) is 4.79 Å². The van der Waals surface area contributed by atoms with Crippen molar-refractivity contribution in [2.45, 2.75) is 45.4 Å². The molecule has 1 aromatic rings. The minimum Gasteiger partial charge on any atom is -0.342 e. The van der Waals surface area contributed by atoms with Crippen molar-refractivity contribution in [3.05, 3.63) is 18.0 Å². The van der Waals surface area contributed by atoms with Crippen LogP contribution in [0.5, 0.6) is 0 Å². The van der Waals surface area contributed by atoms with E-state index in [1.54, 1.807) is 0 Å². The first-order valence-electron chi connectivity index (χ1n) is 8.05. The summed E-state index contributed by atoms with van der Waals surface area (Å²) in [6, 6.07) is 2.09. The summed E-state index contributed by atoms with van der Waals surface area (Å²) >= 11 is 0. The molecule has 21 heavy (non-hydrogen) atoms. The van der Waals surface area contributed by atoms with Gasteiger partial charge in [0.1, 0.15) is 0 Å². The van der Waals surface area contributed by atoms with Crippen LogP contribution in [0, 0.1) is 5.41 Å². The van der Waals surface area contributed by atoms with E-state index in [1.165, 1.54) is 5.69 Å². The van der Waals surface area contributed by atoms with E-state index in [0.29, 0.717) is 12.5 Å². The summed E-state index contributed by atoms with van der Waals surface area (Å²) in [6.45, 7) is 6.24. The standard InChI is InChI=1S/C16H28N4O/c1-4-16(5-2,12-17)15(21)20-10-7-13(8-11-20)14-6-9-18-19(14)3/h6,9,13H,4-5,7-8,10-12,17H2,1-3H3. The summed E-state index contributed by atoms with van der Waals surface area (Å²) in [5, 5.41) is 4.24. The van der Waals surface area contributed by atoms with Crippen molar-refractivity contribution in [2.24, 2.45) is 18.2 Å². The topological polar surface area (TPSA) is 64.2 Å². The highest BCUT2D eigenvalue weighted by molar-refractivity contribution is 5.83. The third-order valence-electron chi connectivity index (χ3n) is 5.26. The van der Waals surface area contributed by atoms with E-state index >= 15 is 0 Å². The quantitative estimate of drug-likeness (QED) is 0.901. The van der Waals surface area contributed by atoms with Crippen LogP contribution in [0.3, 0.4) is 0 Å². The Morgan fingerprint density at radius 1 is 1.38 bits per heavy atom. The van der Waals surface area contributed by atoms with Crippen LogP contribution in [-0.2, 0) is 11.8 Å². The van der Waals surface area contributed by atoms with Gasteiger partial charge in [-0.15, -0.1) is 0 Å². The van der Waals surface area contributed by atoms with E-state index in [0.717, 1.165) is 38.8 Å². The summed E-state index contributed by atoms with van der Waals surface area (Å²) in [6.07, 6.45) is 5.51. The maximum Gasteiger partial charge on any atom is 0.230 e. The van der Waals surface area contributed by atoms with Crippen molar-refractivity contribution in [3.8, 4) is 0 Å². The lowest BCUT2D eigenvalue weighted by atomic mass is 9.80. The predicted molar refractivity (Wildman–Crippen MR) is 83.8 cm³/mol. The highest BCUT2D eigenvalue weighted by Gasteiger charge is 2.38. The average Bonchev–Trinajstić information content (AvgIpc) is 2.96. The number of carbonyl (C=O) groups excluding carboxylic acids is 1. The molecule has 0 spiro atoms. The van der Waals surface area contributed by atoms with Gasteiger partial charge in [0, 0.05) is 44.5 Å². The molecular formula is C16H28N4O. The predicted octanol–water partition coefficient (Wildman–Crippen LogP) is 1.89. The fraction of sp³-hybridized carbons (Fsp3) is 0.750. The van der Waals surface area contributed by atoms with E-state index in [1.807, 2.05) is 22.8 Å². The van der Waals surface area contributed by atoms with Gasteiger partial charge in [-0.05, 0) is 31.7 Å². The Labute approximate surface area is 127 Å². The number of amides is 1. The van der Waals surface area contributed by atoms with Crippen molar-refractivity contribution in [2.75, 3.05) is 19.6 Å². The van der Waals surface area contributed by atoms with Gasteiger partial charge >= 0.3 is 0 Å². The van der Waals surface area contributed by atoms with Gasteiger partial charge < -0.3 is 10.6 Å². The van der Waals surface area contributed by atoms with Gasteiger partial charge in [-0.3, -0.25) is 9.48 Å². The molecule has 1 aliphatic rings. The minimum atomic E-state index is -0.362. The second-order valence-corrected chi connectivity index (χ2v) is 6.14. The SMILES string of the molecule is CCC(CC)(CN)C(=O)N1CCC(c2ccnn2C)CC1. The maximum absolute atomic E-state index is 12.8. The van der Waals surface area contributed by atoms with E-state index in [4.69, 9.17) is 5.73 Å². The van der Waals surface area contributed by atoms with Crippen LogP contribution in [0.1, 0.15) is 51.1 Å². The molecule has 5 heteroatoms. The lowest BCUT2D eigenvalue weighted by Gasteiger charge is -2.39. The van der Waals surface area contributed by atoms with E-state index in [2.05, 4.69) is 25.0 Å². The van der Waals surface area contributed by atoms with Crippen molar-refractivity contribution in [1.29, 1.82) is 0 Å². The fourth-order valence-electron chi connectivity index (χ4n) is 3.43. The fourth-order valence-corrected chi connectivity index (χ4v) is 3.43. The van der Waals surface area contributed by atoms with Gasteiger partial charge in [-0.25, -0.2) is 0 Å². The Morgan fingerprint density at radius 2 is 2.00 bits per heavy atom. The lowest BCUT2D eigenvalue weighted by Crippen LogP contribution is -2.50. The smallest absolute Gasteiger partial charge is 0.230 e. The summed E-state index contributed by atoms with van der Waals surface area (Å²) in [5.41, 5.74) is 6.82. The van der Waals surface area contributed by atoms with Gasteiger partial charge in [-0.1, -0.05) is 13.8 Å². The molecule has 1 fully saturated rings. The Balaban J connectivity index is 2.01. The molecule has 2 N–H and O–H groups in total. The molecule has 0 unspecified atom stereocenters. The molecule has 0 bridgehead atoms. The number of nitrogens with zero attached hydrogens (tertiary/aromatic N) is 3. The van der Waals surface area contributed by atoms with Crippen molar-refractivity contribution in [1.82, 2.24) is 14.7 Å². The number of nitrogens with two attached hydrogens (primary N) is 1. The van der Waals surface area contributed by atoms with E-state index in [-0.39, 0.29) is 11.3 Å². The summed E-state index contributed by atoms with van der Waals surface area (Å²) < 4.78 is 1.95. The normalized spacial score (nSPS) is 17.2. The Hall–Kier alpha value is -1.36. The van der Waals surface area contributed by atoms with E-state index < -0.39 is 0 Å². The number of likely N-dealkylation sites (tertiary alicyclic amines) is 1. The van der Waals surface area contributed by atoms with Crippen molar-refractivity contribution >= 4 is 5.91 Å². The van der Waals surface area contributed by atoms with Crippen LogP contribution in [0.2, 0.25) is 0 Å². The number of rotatable bonds is 5. The molecule has 1 aliphatic heterocycles. The summed E-state index contributed by atoms with van der Waals surface area (Å²) in [7, 11) is 1.99. The third kappa shape index (κ3) is 2.98. The zero-order valence-corrected chi connectivity index (χ0v) is 13.5. The van der Waals surface area contributed by atoms with Gasteiger partial charge in [-0.2, -0.15) is 5.10 Å². The molecular weight excluding hydrogens is 264 g/mol.